The number of nitrogens with one attached hydrogen (secondary N) is 1. The Morgan fingerprint density at radius 3 is 2.90 bits per heavy atom. The molecule has 3 nitrogen and oxygen atoms in total. The lowest BCUT2D eigenvalue weighted by atomic mass is 9.73. The van der Waals surface area contributed by atoms with Crippen LogP contribution in [0.25, 0.3) is 0 Å². The lowest BCUT2D eigenvalue weighted by molar-refractivity contribution is 0.165. The second-order valence-corrected chi connectivity index (χ2v) is 6.80. The Kier molecular flexibility index (Phi) is 5.03. The minimum absolute atomic E-state index is 0.162. The van der Waals surface area contributed by atoms with Gasteiger partial charge in [0.05, 0.1) is 6.10 Å². The average Bonchev–Trinajstić information content (AvgIpc) is 2.38. The van der Waals surface area contributed by atoms with Crippen molar-refractivity contribution in [2.45, 2.75) is 72.1 Å². The predicted octanol–water partition coefficient (Wildman–Crippen LogP) is 3.93. The highest BCUT2D eigenvalue weighted by Gasteiger charge is 2.31. The van der Waals surface area contributed by atoms with Gasteiger partial charge in [0.2, 0.25) is 5.88 Å². The van der Waals surface area contributed by atoms with Gasteiger partial charge in [0, 0.05) is 24.3 Å². The van der Waals surface area contributed by atoms with Gasteiger partial charge in [-0.3, -0.25) is 0 Å². The smallest absolute Gasteiger partial charge is 0.218 e. The summed E-state index contributed by atoms with van der Waals surface area (Å²) in [5.41, 5.74) is 1.54. The molecule has 1 aromatic rings. The molecule has 0 saturated heterocycles. The molecule has 0 spiro atoms. The molecule has 0 radical (unpaired) electrons. The Morgan fingerprint density at radius 1 is 1.40 bits per heavy atom. The number of nitrogens with zero attached hydrogens (tertiary/aromatic N) is 1. The van der Waals surface area contributed by atoms with Gasteiger partial charge in [-0.2, -0.15) is 0 Å². The Morgan fingerprint density at radius 2 is 2.20 bits per heavy atom. The van der Waals surface area contributed by atoms with Crippen LogP contribution in [0.2, 0.25) is 0 Å². The van der Waals surface area contributed by atoms with Crippen molar-refractivity contribution in [3.63, 3.8) is 0 Å². The fourth-order valence-corrected chi connectivity index (χ4v) is 2.99. The van der Waals surface area contributed by atoms with Crippen LogP contribution in [0.4, 0.5) is 0 Å². The van der Waals surface area contributed by atoms with E-state index in [0.29, 0.717) is 11.5 Å². The van der Waals surface area contributed by atoms with Crippen molar-refractivity contribution in [1.29, 1.82) is 0 Å². The van der Waals surface area contributed by atoms with E-state index in [0.717, 1.165) is 18.0 Å². The molecule has 1 aromatic heterocycles. The maximum absolute atomic E-state index is 5.79. The summed E-state index contributed by atoms with van der Waals surface area (Å²) in [4.78, 5) is 4.36. The van der Waals surface area contributed by atoms with E-state index in [2.05, 4.69) is 30.2 Å². The van der Waals surface area contributed by atoms with Crippen LogP contribution in [-0.4, -0.2) is 17.1 Å². The molecule has 1 atom stereocenters. The summed E-state index contributed by atoms with van der Waals surface area (Å²) in [6.07, 6.45) is 7.24. The zero-order chi connectivity index (χ0) is 14.6. The van der Waals surface area contributed by atoms with Crippen molar-refractivity contribution in [2.24, 2.45) is 5.41 Å². The molecule has 20 heavy (non-hydrogen) atoms. The van der Waals surface area contributed by atoms with Crippen molar-refractivity contribution in [1.82, 2.24) is 10.3 Å². The Hall–Kier alpha value is -1.09. The SMILES string of the molecule is CC(C)Oc1ncccc1CNC1CCCCC1(C)C. The standard InChI is InChI=1S/C17H28N2O/c1-13(2)20-16-14(8-7-11-18-16)12-19-15-9-5-6-10-17(15,3)4/h7-8,11,13,15,19H,5-6,9-10,12H2,1-4H3. The number of hydrogen-bond acceptors (Lipinski definition) is 3. The quantitative estimate of drug-likeness (QED) is 0.885. The number of ether oxygens (including phenoxy) is 1. The Bertz CT molecular complexity index is 429. The summed E-state index contributed by atoms with van der Waals surface area (Å²) in [6, 6.07) is 4.67. The first kappa shape index (κ1) is 15.3. The molecule has 1 heterocycles. The molecule has 1 unspecified atom stereocenters. The first-order valence-corrected chi connectivity index (χ1v) is 7.83. The number of hydrogen-bond donors (Lipinski definition) is 1. The van der Waals surface area contributed by atoms with Gasteiger partial charge in [-0.15, -0.1) is 0 Å². The third kappa shape index (κ3) is 3.95. The van der Waals surface area contributed by atoms with Crippen LogP contribution in [-0.2, 0) is 6.54 Å². The molecule has 1 N–H and O–H groups in total. The van der Waals surface area contributed by atoms with Gasteiger partial charge in [0.15, 0.2) is 0 Å². The number of pyridine rings is 1. The van der Waals surface area contributed by atoms with Crippen molar-refractivity contribution in [3.8, 4) is 5.88 Å². The summed E-state index contributed by atoms with van der Waals surface area (Å²) >= 11 is 0. The molecule has 0 bridgehead atoms. The zero-order valence-corrected chi connectivity index (χ0v) is 13.3. The summed E-state index contributed by atoms with van der Waals surface area (Å²) < 4.78 is 5.79. The Balaban J connectivity index is 2.00. The van der Waals surface area contributed by atoms with Gasteiger partial charge >= 0.3 is 0 Å². The molecule has 2 rings (SSSR count). The van der Waals surface area contributed by atoms with E-state index < -0.39 is 0 Å². The minimum Gasteiger partial charge on any atom is -0.475 e. The molecule has 1 aliphatic rings. The second kappa shape index (κ2) is 6.57. The van der Waals surface area contributed by atoms with Crippen LogP contribution in [0, 0.1) is 5.41 Å². The Labute approximate surface area is 123 Å². The first-order valence-electron chi connectivity index (χ1n) is 7.83. The summed E-state index contributed by atoms with van der Waals surface area (Å²) in [6.45, 7) is 9.66. The van der Waals surface area contributed by atoms with E-state index in [4.69, 9.17) is 4.74 Å². The van der Waals surface area contributed by atoms with Crippen LogP contribution >= 0.6 is 0 Å². The predicted molar refractivity (Wildman–Crippen MR) is 82.9 cm³/mol. The lowest BCUT2D eigenvalue weighted by Crippen LogP contribution is -2.43. The van der Waals surface area contributed by atoms with E-state index >= 15 is 0 Å². The van der Waals surface area contributed by atoms with E-state index in [-0.39, 0.29) is 6.10 Å². The van der Waals surface area contributed by atoms with Gasteiger partial charge in [-0.25, -0.2) is 4.98 Å². The molecule has 0 aliphatic heterocycles. The highest BCUT2D eigenvalue weighted by atomic mass is 16.5. The van der Waals surface area contributed by atoms with E-state index in [9.17, 15) is 0 Å². The van der Waals surface area contributed by atoms with Gasteiger partial charge < -0.3 is 10.1 Å². The molecule has 0 aromatic carbocycles. The minimum atomic E-state index is 0.162. The van der Waals surface area contributed by atoms with Gasteiger partial charge in [0.1, 0.15) is 0 Å². The maximum atomic E-state index is 5.79. The summed E-state index contributed by atoms with van der Waals surface area (Å²) in [5, 5.41) is 3.72. The van der Waals surface area contributed by atoms with Crippen molar-refractivity contribution in [2.75, 3.05) is 0 Å². The van der Waals surface area contributed by atoms with Crippen molar-refractivity contribution < 1.29 is 4.74 Å². The third-order valence-electron chi connectivity index (χ3n) is 4.24. The van der Waals surface area contributed by atoms with Gasteiger partial charge in [-0.05, 0) is 38.2 Å². The fraction of sp³-hybridized carbons (Fsp3) is 0.706. The van der Waals surface area contributed by atoms with E-state index in [1.54, 1.807) is 6.20 Å². The largest absolute Gasteiger partial charge is 0.475 e. The molecule has 1 aliphatic carbocycles. The lowest BCUT2D eigenvalue weighted by Gasteiger charge is -2.39. The molecule has 1 fully saturated rings. The molecule has 112 valence electrons. The highest BCUT2D eigenvalue weighted by molar-refractivity contribution is 5.25. The second-order valence-electron chi connectivity index (χ2n) is 6.80. The fourth-order valence-electron chi connectivity index (χ4n) is 2.99. The van der Waals surface area contributed by atoms with Crippen LogP contribution in [0.1, 0.15) is 58.9 Å². The molecular weight excluding hydrogens is 248 g/mol. The molecule has 0 amide bonds. The summed E-state index contributed by atoms with van der Waals surface area (Å²) in [5.74, 6) is 0.767. The van der Waals surface area contributed by atoms with Crippen molar-refractivity contribution in [3.05, 3.63) is 23.9 Å². The van der Waals surface area contributed by atoms with Gasteiger partial charge in [0.25, 0.3) is 0 Å². The maximum Gasteiger partial charge on any atom is 0.218 e. The van der Waals surface area contributed by atoms with E-state index in [1.165, 1.54) is 25.7 Å². The van der Waals surface area contributed by atoms with Crippen LogP contribution < -0.4 is 10.1 Å². The first-order chi connectivity index (χ1) is 9.49. The topological polar surface area (TPSA) is 34.1 Å². The van der Waals surface area contributed by atoms with E-state index in [1.807, 2.05) is 19.9 Å². The van der Waals surface area contributed by atoms with Crippen LogP contribution in [0.3, 0.4) is 0 Å². The number of aromatic nitrogens is 1. The summed E-state index contributed by atoms with van der Waals surface area (Å²) in [7, 11) is 0. The average molecular weight is 276 g/mol. The molecule has 1 saturated carbocycles. The zero-order valence-electron chi connectivity index (χ0n) is 13.3. The normalized spacial score (nSPS) is 21.9. The highest BCUT2D eigenvalue weighted by Crippen LogP contribution is 2.35. The van der Waals surface area contributed by atoms with Crippen LogP contribution in [0.5, 0.6) is 5.88 Å². The van der Waals surface area contributed by atoms with Crippen molar-refractivity contribution >= 4 is 0 Å². The molecule has 3 heteroatoms. The van der Waals surface area contributed by atoms with Crippen LogP contribution in [0.15, 0.2) is 18.3 Å². The van der Waals surface area contributed by atoms with Gasteiger partial charge in [-0.1, -0.05) is 32.8 Å². The third-order valence-corrected chi connectivity index (χ3v) is 4.24. The monoisotopic (exact) mass is 276 g/mol. The molecular formula is C17H28N2O. The number of rotatable bonds is 5.